The third kappa shape index (κ3) is 2.76. The van der Waals surface area contributed by atoms with Gasteiger partial charge in [0.25, 0.3) is 5.91 Å². The highest BCUT2D eigenvalue weighted by molar-refractivity contribution is 5.96. The molecule has 0 aromatic carbocycles. The monoisotopic (exact) mass is 355 g/mol. The number of piperazine rings is 1. The van der Waals surface area contributed by atoms with E-state index in [2.05, 4.69) is 15.0 Å². The van der Waals surface area contributed by atoms with Crippen LogP contribution in [0.5, 0.6) is 0 Å². The minimum Gasteiger partial charge on any atom is -0.361 e. The molecule has 1 spiro atoms. The van der Waals surface area contributed by atoms with Crippen LogP contribution < -0.4 is 4.90 Å². The molecule has 0 bridgehead atoms. The minimum absolute atomic E-state index is 0.0445. The van der Waals surface area contributed by atoms with Gasteiger partial charge in [-0.1, -0.05) is 5.16 Å². The van der Waals surface area contributed by atoms with Crippen molar-refractivity contribution >= 4 is 17.5 Å². The van der Waals surface area contributed by atoms with Gasteiger partial charge in [0.05, 0.1) is 24.0 Å². The number of likely N-dealkylation sites (N-methyl/N-ethyl adjacent to an activating group) is 1. The predicted octanol–water partition coefficient (Wildman–Crippen LogP) is 0.941. The number of aromatic nitrogens is 2. The Labute approximate surface area is 151 Å². The van der Waals surface area contributed by atoms with Crippen LogP contribution in [-0.2, 0) is 4.79 Å². The zero-order valence-corrected chi connectivity index (χ0v) is 14.9. The van der Waals surface area contributed by atoms with Crippen LogP contribution in [0, 0.1) is 6.92 Å². The van der Waals surface area contributed by atoms with Crippen molar-refractivity contribution in [3.05, 3.63) is 42.0 Å². The summed E-state index contributed by atoms with van der Waals surface area (Å²) < 4.78 is 5.02. The van der Waals surface area contributed by atoms with Gasteiger partial charge in [-0.25, -0.2) is 0 Å². The molecule has 0 saturated carbocycles. The summed E-state index contributed by atoms with van der Waals surface area (Å²) in [7, 11) is 1.95. The van der Waals surface area contributed by atoms with Crippen molar-refractivity contribution < 1.29 is 14.1 Å². The Morgan fingerprint density at radius 1 is 1.35 bits per heavy atom. The lowest BCUT2D eigenvalue weighted by atomic mass is 9.92. The first-order valence-corrected chi connectivity index (χ1v) is 8.63. The number of hydrogen-bond acceptors (Lipinski definition) is 6. The van der Waals surface area contributed by atoms with E-state index in [0.717, 1.165) is 12.1 Å². The molecule has 8 heteroatoms. The average molecular weight is 355 g/mol. The molecule has 0 aliphatic carbocycles. The van der Waals surface area contributed by atoms with Crippen LogP contribution in [0.3, 0.4) is 0 Å². The molecular weight excluding hydrogens is 334 g/mol. The van der Waals surface area contributed by atoms with Crippen LogP contribution in [0.4, 0.5) is 5.69 Å². The van der Waals surface area contributed by atoms with Crippen LogP contribution >= 0.6 is 0 Å². The van der Waals surface area contributed by atoms with Crippen LogP contribution in [-0.4, -0.2) is 70.5 Å². The summed E-state index contributed by atoms with van der Waals surface area (Å²) >= 11 is 0. The van der Waals surface area contributed by atoms with Crippen LogP contribution in [0.25, 0.3) is 0 Å². The standard InChI is InChI=1S/C18H21N5O3/c1-13-8-15(20-26-13)17(25)22-7-5-18(11-22)12-23(16(24)10-21(18)2)14-4-3-6-19-9-14/h3-4,6,8-9H,5,7,10-12H2,1-2H3/t18-/m0/s1. The van der Waals surface area contributed by atoms with Gasteiger partial charge in [-0.3, -0.25) is 19.5 Å². The fraction of sp³-hybridized carbons (Fsp3) is 0.444. The second-order valence-electron chi connectivity index (χ2n) is 7.07. The molecule has 0 N–H and O–H groups in total. The first kappa shape index (κ1) is 16.7. The molecule has 2 aromatic heterocycles. The fourth-order valence-corrected chi connectivity index (χ4v) is 3.81. The van der Waals surface area contributed by atoms with E-state index >= 15 is 0 Å². The van der Waals surface area contributed by atoms with Crippen molar-refractivity contribution in [2.24, 2.45) is 0 Å². The number of pyridine rings is 1. The maximum atomic E-state index is 12.7. The Morgan fingerprint density at radius 3 is 2.88 bits per heavy atom. The van der Waals surface area contributed by atoms with Crippen LogP contribution in [0.2, 0.25) is 0 Å². The highest BCUT2D eigenvalue weighted by Crippen LogP contribution is 2.33. The Bertz CT molecular complexity index is 836. The van der Waals surface area contributed by atoms with Crippen molar-refractivity contribution in [2.45, 2.75) is 18.9 Å². The zero-order chi connectivity index (χ0) is 18.3. The lowest BCUT2D eigenvalue weighted by Gasteiger charge is -2.46. The second kappa shape index (κ2) is 6.21. The van der Waals surface area contributed by atoms with Crippen molar-refractivity contribution in [1.29, 1.82) is 0 Å². The van der Waals surface area contributed by atoms with Gasteiger partial charge in [0.1, 0.15) is 5.76 Å². The number of amides is 2. The molecule has 2 fully saturated rings. The summed E-state index contributed by atoms with van der Waals surface area (Å²) in [5, 5.41) is 3.83. The number of aryl methyl sites for hydroxylation is 1. The average Bonchev–Trinajstić information content (AvgIpc) is 3.26. The first-order chi connectivity index (χ1) is 12.5. The molecule has 4 rings (SSSR count). The van der Waals surface area contributed by atoms with Crippen LogP contribution in [0.1, 0.15) is 22.7 Å². The Kier molecular flexibility index (Phi) is 3.99. The molecule has 4 heterocycles. The summed E-state index contributed by atoms with van der Waals surface area (Å²) in [5.74, 6) is 0.533. The molecule has 2 aliphatic rings. The Balaban J connectivity index is 1.56. The molecule has 0 radical (unpaired) electrons. The lowest BCUT2D eigenvalue weighted by molar-refractivity contribution is -0.123. The predicted molar refractivity (Wildman–Crippen MR) is 93.7 cm³/mol. The molecular formula is C18H21N5O3. The molecule has 2 saturated heterocycles. The van der Waals surface area contributed by atoms with E-state index in [-0.39, 0.29) is 17.4 Å². The van der Waals surface area contributed by atoms with Crippen LogP contribution in [0.15, 0.2) is 35.1 Å². The first-order valence-electron chi connectivity index (χ1n) is 8.63. The SMILES string of the molecule is Cc1cc(C(=O)N2CC[C@]3(C2)CN(c2cccnc2)C(=O)CN3C)no1. The van der Waals surface area contributed by atoms with E-state index in [1.807, 2.05) is 19.2 Å². The Hall–Kier alpha value is -2.74. The van der Waals surface area contributed by atoms with Gasteiger partial charge >= 0.3 is 0 Å². The third-order valence-corrected chi connectivity index (χ3v) is 5.36. The highest BCUT2D eigenvalue weighted by Gasteiger charge is 2.49. The highest BCUT2D eigenvalue weighted by atomic mass is 16.5. The topological polar surface area (TPSA) is 82.8 Å². The number of carbonyl (C=O) groups excluding carboxylic acids is 2. The van der Waals surface area contributed by atoms with E-state index in [4.69, 9.17) is 4.52 Å². The number of hydrogen-bond donors (Lipinski definition) is 0. The summed E-state index contributed by atoms with van der Waals surface area (Å²) in [6.07, 6.45) is 4.19. The maximum absolute atomic E-state index is 12.7. The van der Waals surface area contributed by atoms with E-state index in [1.165, 1.54) is 0 Å². The molecule has 2 aromatic rings. The lowest BCUT2D eigenvalue weighted by Crippen LogP contribution is -2.64. The normalized spacial score (nSPS) is 23.8. The molecule has 1 atom stereocenters. The summed E-state index contributed by atoms with van der Waals surface area (Å²) in [5.41, 5.74) is 0.859. The molecule has 2 aliphatic heterocycles. The fourth-order valence-electron chi connectivity index (χ4n) is 3.81. The third-order valence-electron chi connectivity index (χ3n) is 5.36. The maximum Gasteiger partial charge on any atom is 0.276 e. The molecule has 2 amide bonds. The summed E-state index contributed by atoms with van der Waals surface area (Å²) in [4.78, 5) is 35.0. The van der Waals surface area contributed by atoms with Crippen molar-refractivity contribution in [3.63, 3.8) is 0 Å². The van der Waals surface area contributed by atoms with Gasteiger partial charge in [-0.05, 0) is 32.5 Å². The van der Waals surface area contributed by atoms with Gasteiger partial charge in [0, 0.05) is 31.9 Å². The molecule has 26 heavy (non-hydrogen) atoms. The van der Waals surface area contributed by atoms with E-state index in [1.54, 1.807) is 35.2 Å². The quantitative estimate of drug-likeness (QED) is 0.797. The van der Waals surface area contributed by atoms with Crippen molar-refractivity contribution in [1.82, 2.24) is 19.9 Å². The number of nitrogens with zero attached hydrogens (tertiary/aromatic N) is 5. The number of likely N-dealkylation sites (tertiary alicyclic amines) is 1. The number of anilines is 1. The van der Waals surface area contributed by atoms with E-state index in [0.29, 0.717) is 37.6 Å². The molecule has 136 valence electrons. The summed E-state index contributed by atoms with van der Waals surface area (Å²) in [6.45, 7) is 3.81. The smallest absolute Gasteiger partial charge is 0.276 e. The minimum atomic E-state index is -0.266. The largest absolute Gasteiger partial charge is 0.361 e. The number of rotatable bonds is 2. The van der Waals surface area contributed by atoms with E-state index < -0.39 is 0 Å². The van der Waals surface area contributed by atoms with Crippen molar-refractivity contribution in [2.75, 3.05) is 38.1 Å². The molecule has 8 nitrogen and oxygen atoms in total. The van der Waals surface area contributed by atoms with Gasteiger partial charge in [-0.15, -0.1) is 0 Å². The van der Waals surface area contributed by atoms with Gasteiger partial charge in [0.2, 0.25) is 5.91 Å². The number of carbonyl (C=O) groups is 2. The zero-order valence-electron chi connectivity index (χ0n) is 14.9. The van der Waals surface area contributed by atoms with Gasteiger partial charge in [-0.2, -0.15) is 0 Å². The van der Waals surface area contributed by atoms with Gasteiger partial charge < -0.3 is 14.3 Å². The molecule has 0 unspecified atom stereocenters. The van der Waals surface area contributed by atoms with E-state index in [9.17, 15) is 9.59 Å². The summed E-state index contributed by atoms with van der Waals surface area (Å²) in [6, 6.07) is 5.37. The van der Waals surface area contributed by atoms with Gasteiger partial charge in [0.15, 0.2) is 5.69 Å². The van der Waals surface area contributed by atoms with Crippen molar-refractivity contribution in [3.8, 4) is 0 Å². The second-order valence-corrected chi connectivity index (χ2v) is 7.07. The Morgan fingerprint density at radius 2 is 2.19 bits per heavy atom.